The topological polar surface area (TPSA) is 63.0 Å². The highest BCUT2D eigenvalue weighted by atomic mass is 16.6. The number of hydrogen-bond donors (Lipinski definition) is 0. The fourth-order valence-corrected chi connectivity index (χ4v) is 3.44. The summed E-state index contributed by atoms with van der Waals surface area (Å²) in [6.07, 6.45) is 4.03. The Morgan fingerprint density at radius 3 is 2.78 bits per heavy atom. The summed E-state index contributed by atoms with van der Waals surface area (Å²) >= 11 is 0. The second-order valence-electron chi connectivity index (χ2n) is 6.20. The van der Waals surface area contributed by atoms with Gasteiger partial charge in [-0.2, -0.15) is 0 Å². The quantitative estimate of drug-likeness (QED) is 0.852. The highest BCUT2D eigenvalue weighted by Crippen LogP contribution is 2.26. The third kappa shape index (κ3) is 2.88. The molecule has 0 unspecified atom stereocenters. The number of nitrogens with zero attached hydrogens (tertiary/aromatic N) is 5. The molecule has 0 radical (unpaired) electrons. The second-order valence-corrected chi connectivity index (χ2v) is 6.20. The number of cyclic esters (lactones) is 1. The molecule has 23 heavy (non-hydrogen) atoms. The number of aromatic nitrogens is 3. The van der Waals surface area contributed by atoms with E-state index < -0.39 is 0 Å². The smallest absolute Gasteiger partial charge is 0.409 e. The van der Waals surface area contributed by atoms with Crippen LogP contribution in [0.15, 0.2) is 24.4 Å². The molecule has 4 heterocycles. The normalized spacial score (nSPS) is 20.3. The zero-order valence-corrected chi connectivity index (χ0v) is 13.1. The number of fused-ring (bicyclic) bond motifs is 1. The van der Waals surface area contributed by atoms with Crippen LogP contribution in [0.5, 0.6) is 0 Å². The van der Waals surface area contributed by atoms with Gasteiger partial charge < -0.3 is 14.5 Å². The molecule has 0 saturated carbocycles. The van der Waals surface area contributed by atoms with Crippen LogP contribution in [0.1, 0.15) is 24.6 Å². The first-order valence-electron chi connectivity index (χ1n) is 8.25. The first-order valence-corrected chi connectivity index (χ1v) is 8.25. The van der Waals surface area contributed by atoms with Gasteiger partial charge in [0.05, 0.1) is 6.54 Å². The fourth-order valence-electron chi connectivity index (χ4n) is 3.44. The van der Waals surface area contributed by atoms with Crippen molar-refractivity contribution in [3.63, 3.8) is 0 Å². The molecule has 2 saturated heterocycles. The van der Waals surface area contributed by atoms with E-state index in [1.807, 2.05) is 24.4 Å². The van der Waals surface area contributed by atoms with E-state index in [2.05, 4.69) is 19.5 Å². The van der Waals surface area contributed by atoms with Crippen molar-refractivity contribution in [1.29, 1.82) is 0 Å². The third-order valence-electron chi connectivity index (χ3n) is 4.82. The average Bonchev–Trinajstić information content (AvgIpc) is 3.20. The maximum absolute atomic E-state index is 11.4. The first-order chi connectivity index (χ1) is 11.3. The number of likely N-dealkylation sites (tertiary alicyclic amines) is 1. The summed E-state index contributed by atoms with van der Waals surface area (Å²) in [6.45, 7) is 5.01. The molecule has 7 nitrogen and oxygen atoms in total. The van der Waals surface area contributed by atoms with Gasteiger partial charge in [0.1, 0.15) is 12.4 Å². The van der Waals surface area contributed by atoms with Crippen molar-refractivity contribution < 1.29 is 9.53 Å². The van der Waals surface area contributed by atoms with Gasteiger partial charge in [0, 0.05) is 25.2 Å². The van der Waals surface area contributed by atoms with Crippen LogP contribution < -0.4 is 0 Å². The van der Waals surface area contributed by atoms with Crippen LogP contribution in [0.25, 0.3) is 5.65 Å². The van der Waals surface area contributed by atoms with Crippen molar-refractivity contribution in [1.82, 2.24) is 24.4 Å². The molecule has 0 spiro atoms. The number of pyridine rings is 1. The summed E-state index contributed by atoms with van der Waals surface area (Å²) < 4.78 is 7.06. The summed E-state index contributed by atoms with van der Waals surface area (Å²) in [4.78, 5) is 15.7. The van der Waals surface area contributed by atoms with Crippen LogP contribution in [0.2, 0.25) is 0 Å². The summed E-state index contributed by atoms with van der Waals surface area (Å²) in [5.41, 5.74) is 0.914. The van der Waals surface area contributed by atoms with Crippen molar-refractivity contribution in [2.45, 2.75) is 18.8 Å². The zero-order valence-electron chi connectivity index (χ0n) is 13.1. The molecule has 2 aliphatic rings. The van der Waals surface area contributed by atoms with Gasteiger partial charge in [-0.05, 0) is 38.1 Å². The third-order valence-corrected chi connectivity index (χ3v) is 4.82. The predicted octanol–water partition coefficient (Wildman–Crippen LogP) is 1.36. The Hall–Kier alpha value is -2.15. The molecule has 4 rings (SSSR count). The number of ether oxygens (including phenoxy) is 1. The average molecular weight is 315 g/mol. The minimum atomic E-state index is -0.171. The molecule has 0 aliphatic carbocycles. The minimum Gasteiger partial charge on any atom is -0.448 e. The van der Waals surface area contributed by atoms with Crippen molar-refractivity contribution in [3.8, 4) is 0 Å². The van der Waals surface area contributed by atoms with Crippen molar-refractivity contribution in [2.24, 2.45) is 0 Å². The van der Waals surface area contributed by atoms with Gasteiger partial charge in [-0.3, -0.25) is 4.40 Å². The lowest BCUT2D eigenvalue weighted by Crippen LogP contribution is -2.39. The van der Waals surface area contributed by atoms with Crippen molar-refractivity contribution in [2.75, 3.05) is 39.3 Å². The zero-order chi connectivity index (χ0) is 15.6. The highest BCUT2D eigenvalue weighted by Gasteiger charge is 2.26. The molecule has 122 valence electrons. The number of amides is 1. The monoisotopic (exact) mass is 315 g/mol. The summed E-state index contributed by atoms with van der Waals surface area (Å²) in [7, 11) is 0. The van der Waals surface area contributed by atoms with Crippen molar-refractivity contribution >= 4 is 11.7 Å². The molecule has 2 aliphatic heterocycles. The maximum Gasteiger partial charge on any atom is 0.409 e. The van der Waals surface area contributed by atoms with Crippen LogP contribution in [0, 0.1) is 0 Å². The molecule has 1 amide bonds. The summed E-state index contributed by atoms with van der Waals surface area (Å²) in [5, 5.41) is 8.64. The molecule has 0 N–H and O–H groups in total. The lowest BCUT2D eigenvalue weighted by atomic mass is 9.96. The SMILES string of the molecule is O=C1OCCN1CCN1CCC(c2nnc3ccccn23)CC1. The summed E-state index contributed by atoms with van der Waals surface area (Å²) in [5.74, 6) is 1.53. The Labute approximate surface area is 134 Å². The molecule has 2 aromatic heterocycles. The molecule has 7 heteroatoms. The number of hydrogen-bond acceptors (Lipinski definition) is 5. The molecule has 0 atom stereocenters. The Bertz CT molecular complexity index is 693. The van der Waals surface area contributed by atoms with E-state index in [-0.39, 0.29) is 6.09 Å². The van der Waals surface area contributed by atoms with Gasteiger partial charge in [-0.15, -0.1) is 10.2 Å². The van der Waals surface area contributed by atoms with Gasteiger partial charge >= 0.3 is 6.09 Å². The van der Waals surface area contributed by atoms with Gasteiger partial charge in [0.25, 0.3) is 0 Å². The van der Waals surface area contributed by atoms with Crippen molar-refractivity contribution in [3.05, 3.63) is 30.2 Å². The van der Waals surface area contributed by atoms with Crippen LogP contribution in [-0.4, -0.2) is 69.8 Å². The van der Waals surface area contributed by atoms with Crippen LogP contribution in [0.3, 0.4) is 0 Å². The molecular weight excluding hydrogens is 294 g/mol. The number of carbonyl (C=O) groups excluding carboxylic acids is 1. The minimum absolute atomic E-state index is 0.171. The summed E-state index contributed by atoms with van der Waals surface area (Å²) in [6, 6.07) is 5.99. The number of rotatable bonds is 4. The van der Waals surface area contributed by atoms with Crippen LogP contribution in [0.4, 0.5) is 4.79 Å². The Morgan fingerprint density at radius 1 is 1.13 bits per heavy atom. The Kier molecular flexibility index (Phi) is 3.87. The lowest BCUT2D eigenvalue weighted by Gasteiger charge is -2.31. The maximum atomic E-state index is 11.4. The standard InChI is InChI=1S/C16H21N5O2/c22-16-20(11-12-23-16)10-9-19-7-4-13(5-8-19)15-18-17-14-3-1-2-6-21(14)15/h1-3,6,13H,4-5,7-12H2. The van der Waals surface area contributed by atoms with E-state index >= 15 is 0 Å². The molecule has 0 bridgehead atoms. The van der Waals surface area contributed by atoms with E-state index in [1.165, 1.54) is 0 Å². The van der Waals surface area contributed by atoms with E-state index in [4.69, 9.17) is 4.74 Å². The lowest BCUT2D eigenvalue weighted by molar-refractivity contribution is 0.148. The second kappa shape index (κ2) is 6.16. The van der Waals surface area contributed by atoms with E-state index in [1.54, 1.807) is 4.90 Å². The molecule has 2 aromatic rings. The van der Waals surface area contributed by atoms with E-state index in [0.29, 0.717) is 12.5 Å². The molecule has 2 fully saturated rings. The Balaban J connectivity index is 1.33. The molecule has 0 aromatic carbocycles. The van der Waals surface area contributed by atoms with Crippen LogP contribution in [-0.2, 0) is 4.74 Å². The molecular formula is C16H21N5O2. The van der Waals surface area contributed by atoms with Gasteiger partial charge in [0.15, 0.2) is 5.65 Å². The number of piperidine rings is 1. The number of carbonyl (C=O) groups is 1. The largest absolute Gasteiger partial charge is 0.448 e. The first kappa shape index (κ1) is 14.4. The highest BCUT2D eigenvalue weighted by molar-refractivity contribution is 5.69. The van der Waals surface area contributed by atoms with E-state index in [0.717, 1.165) is 57.0 Å². The van der Waals surface area contributed by atoms with Crippen LogP contribution >= 0.6 is 0 Å². The Morgan fingerprint density at radius 2 is 2.00 bits per heavy atom. The predicted molar refractivity (Wildman–Crippen MR) is 84.3 cm³/mol. The van der Waals surface area contributed by atoms with Gasteiger partial charge in [-0.1, -0.05) is 6.07 Å². The fraction of sp³-hybridized carbons (Fsp3) is 0.562. The van der Waals surface area contributed by atoms with E-state index in [9.17, 15) is 4.79 Å². The van der Waals surface area contributed by atoms with Gasteiger partial charge in [-0.25, -0.2) is 4.79 Å². The van der Waals surface area contributed by atoms with Gasteiger partial charge in [0.2, 0.25) is 0 Å².